The van der Waals surface area contributed by atoms with Gasteiger partial charge in [-0.2, -0.15) is 4.68 Å². The predicted molar refractivity (Wildman–Crippen MR) is 114 cm³/mol. The minimum absolute atomic E-state index is 0.0767. The molecule has 0 aliphatic heterocycles. The standard InChI is InChI=1S/C22H21N5OS/c1-15-10-12-16(13-11-15)27-22(23-24-25-27)29-14-21(28)26-19-8-4-2-6-17(19)18-7-3-5-9-20(18)26/h2,4,6,8,10-13H,3,5,7,9,14H2,1H3. The summed E-state index contributed by atoms with van der Waals surface area (Å²) in [7, 11) is 0. The third kappa shape index (κ3) is 3.25. The zero-order valence-corrected chi connectivity index (χ0v) is 17.0. The maximum absolute atomic E-state index is 13.2. The largest absolute Gasteiger partial charge is 0.283 e. The van der Waals surface area contributed by atoms with Crippen molar-refractivity contribution in [1.82, 2.24) is 24.8 Å². The number of hydrogen-bond acceptors (Lipinski definition) is 5. The number of nitrogens with zero attached hydrogens (tertiary/aromatic N) is 5. The fraction of sp³-hybridized carbons (Fsp3) is 0.273. The smallest absolute Gasteiger partial charge is 0.241 e. The van der Waals surface area contributed by atoms with Gasteiger partial charge in [0.25, 0.3) is 0 Å². The molecule has 1 aliphatic carbocycles. The zero-order chi connectivity index (χ0) is 19.8. The molecule has 0 bridgehead atoms. The molecule has 146 valence electrons. The van der Waals surface area contributed by atoms with E-state index in [-0.39, 0.29) is 11.7 Å². The SMILES string of the molecule is Cc1ccc(-n2nnnc2SCC(=O)n2c3c(c4ccccc42)CCCC3)cc1. The van der Waals surface area contributed by atoms with E-state index in [2.05, 4.69) is 27.7 Å². The first-order valence-corrected chi connectivity index (χ1v) is 10.8. The number of hydrogen-bond donors (Lipinski definition) is 0. The molecule has 7 heteroatoms. The van der Waals surface area contributed by atoms with E-state index >= 15 is 0 Å². The van der Waals surface area contributed by atoms with Gasteiger partial charge in [-0.25, -0.2) is 0 Å². The molecule has 0 amide bonds. The Morgan fingerprint density at radius 3 is 2.72 bits per heavy atom. The lowest BCUT2D eigenvalue weighted by Gasteiger charge is -2.15. The maximum atomic E-state index is 13.2. The first kappa shape index (κ1) is 18.1. The molecular weight excluding hydrogens is 382 g/mol. The van der Waals surface area contributed by atoms with Crippen molar-refractivity contribution in [2.75, 3.05) is 5.75 Å². The molecule has 0 radical (unpaired) electrons. The van der Waals surface area contributed by atoms with Crippen LogP contribution in [0.4, 0.5) is 0 Å². The fourth-order valence-corrected chi connectivity index (χ4v) is 4.83. The predicted octanol–water partition coefficient (Wildman–Crippen LogP) is 4.24. The average Bonchev–Trinajstić information content (AvgIpc) is 3.35. The molecule has 0 saturated heterocycles. The third-order valence-electron chi connectivity index (χ3n) is 5.47. The van der Waals surface area contributed by atoms with E-state index in [1.165, 1.54) is 40.4 Å². The fourth-order valence-electron chi connectivity index (χ4n) is 4.09. The van der Waals surface area contributed by atoms with Crippen LogP contribution in [-0.2, 0) is 12.8 Å². The van der Waals surface area contributed by atoms with E-state index in [0.717, 1.165) is 30.5 Å². The van der Waals surface area contributed by atoms with Gasteiger partial charge in [0.15, 0.2) is 0 Å². The maximum Gasteiger partial charge on any atom is 0.241 e. The van der Waals surface area contributed by atoms with Crippen LogP contribution in [0.25, 0.3) is 16.6 Å². The number of para-hydroxylation sites is 1. The van der Waals surface area contributed by atoms with Gasteiger partial charge in [0.2, 0.25) is 11.1 Å². The molecule has 29 heavy (non-hydrogen) atoms. The number of aromatic nitrogens is 5. The number of rotatable bonds is 4. The number of carbonyl (C=O) groups is 1. The highest BCUT2D eigenvalue weighted by atomic mass is 32.2. The first-order valence-electron chi connectivity index (χ1n) is 9.85. The van der Waals surface area contributed by atoms with Crippen LogP contribution in [0.5, 0.6) is 0 Å². The molecule has 0 spiro atoms. The van der Waals surface area contributed by atoms with Gasteiger partial charge < -0.3 is 0 Å². The molecule has 5 rings (SSSR count). The van der Waals surface area contributed by atoms with Crippen molar-refractivity contribution in [1.29, 1.82) is 0 Å². The molecule has 0 unspecified atom stereocenters. The molecular formula is C22H21N5OS. The lowest BCUT2D eigenvalue weighted by Crippen LogP contribution is -2.18. The summed E-state index contributed by atoms with van der Waals surface area (Å²) < 4.78 is 3.61. The molecule has 0 fully saturated rings. The summed E-state index contributed by atoms with van der Waals surface area (Å²) in [6, 6.07) is 16.2. The number of tetrazole rings is 1. The molecule has 6 nitrogen and oxygen atoms in total. The number of fused-ring (bicyclic) bond motifs is 3. The van der Waals surface area contributed by atoms with Crippen molar-refractivity contribution in [2.45, 2.75) is 37.8 Å². The lowest BCUT2D eigenvalue weighted by molar-refractivity contribution is 0.0943. The van der Waals surface area contributed by atoms with Gasteiger partial charge in [0.1, 0.15) is 0 Å². The Bertz CT molecular complexity index is 1190. The third-order valence-corrected chi connectivity index (χ3v) is 6.38. The zero-order valence-electron chi connectivity index (χ0n) is 16.2. The summed E-state index contributed by atoms with van der Waals surface area (Å²) in [5.74, 6) is 0.366. The second-order valence-electron chi connectivity index (χ2n) is 7.38. The monoisotopic (exact) mass is 403 g/mol. The molecule has 0 atom stereocenters. The minimum atomic E-state index is 0.0767. The molecule has 2 aromatic carbocycles. The van der Waals surface area contributed by atoms with Gasteiger partial charge in [-0.3, -0.25) is 9.36 Å². The molecule has 0 saturated carbocycles. The van der Waals surface area contributed by atoms with E-state index < -0.39 is 0 Å². The molecule has 0 N–H and O–H groups in total. The van der Waals surface area contributed by atoms with Gasteiger partial charge in [-0.1, -0.05) is 47.7 Å². The highest BCUT2D eigenvalue weighted by Crippen LogP contribution is 2.32. The highest BCUT2D eigenvalue weighted by molar-refractivity contribution is 7.99. The van der Waals surface area contributed by atoms with E-state index in [1.807, 2.05) is 47.9 Å². The average molecular weight is 404 g/mol. The topological polar surface area (TPSA) is 65.6 Å². The van der Waals surface area contributed by atoms with Crippen LogP contribution in [0.1, 0.15) is 34.5 Å². The summed E-state index contributed by atoms with van der Waals surface area (Å²) in [6.45, 7) is 2.04. The first-order chi connectivity index (χ1) is 14.2. The summed E-state index contributed by atoms with van der Waals surface area (Å²) in [5.41, 5.74) is 5.61. The summed E-state index contributed by atoms with van der Waals surface area (Å²) >= 11 is 1.37. The number of benzene rings is 2. The van der Waals surface area contributed by atoms with Crippen molar-refractivity contribution < 1.29 is 4.79 Å². The Morgan fingerprint density at radius 2 is 1.86 bits per heavy atom. The van der Waals surface area contributed by atoms with Gasteiger partial charge in [-0.05, 0) is 66.8 Å². The van der Waals surface area contributed by atoms with Gasteiger partial charge in [0.05, 0.1) is 17.0 Å². The molecule has 1 aliphatic rings. The number of carbonyl (C=O) groups excluding carboxylic acids is 1. The Morgan fingerprint density at radius 1 is 1.07 bits per heavy atom. The van der Waals surface area contributed by atoms with Crippen LogP contribution >= 0.6 is 11.8 Å². The van der Waals surface area contributed by atoms with Crippen molar-refractivity contribution in [2.24, 2.45) is 0 Å². The second kappa shape index (κ2) is 7.48. The number of aryl methyl sites for hydroxylation is 2. The lowest BCUT2D eigenvalue weighted by atomic mass is 9.96. The summed E-state index contributed by atoms with van der Waals surface area (Å²) in [6.07, 6.45) is 4.33. The van der Waals surface area contributed by atoms with Gasteiger partial charge in [0, 0.05) is 11.1 Å². The van der Waals surface area contributed by atoms with E-state index in [4.69, 9.17) is 0 Å². The Labute approximate surface area is 172 Å². The van der Waals surface area contributed by atoms with Crippen LogP contribution in [0, 0.1) is 6.92 Å². The summed E-state index contributed by atoms with van der Waals surface area (Å²) in [5, 5.41) is 13.9. The van der Waals surface area contributed by atoms with Gasteiger partial charge >= 0.3 is 0 Å². The van der Waals surface area contributed by atoms with Crippen LogP contribution in [0.15, 0.2) is 53.7 Å². The minimum Gasteiger partial charge on any atom is -0.283 e. The molecule has 4 aromatic rings. The quantitative estimate of drug-likeness (QED) is 0.477. The molecule has 2 heterocycles. The van der Waals surface area contributed by atoms with Crippen LogP contribution in [-0.4, -0.2) is 36.4 Å². The Balaban J connectivity index is 1.43. The van der Waals surface area contributed by atoms with Crippen molar-refractivity contribution >= 4 is 28.6 Å². The summed E-state index contributed by atoms with van der Waals surface area (Å²) in [4.78, 5) is 13.2. The normalized spacial score (nSPS) is 13.6. The van der Waals surface area contributed by atoms with Crippen LogP contribution in [0.2, 0.25) is 0 Å². The van der Waals surface area contributed by atoms with Crippen LogP contribution in [0.3, 0.4) is 0 Å². The van der Waals surface area contributed by atoms with Crippen molar-refractivity contribution in [3.8, 4) is 5.69 Å². The Kier molecular flexibility index (Phi) is 4.67. The van der Waals surface area contributed by atoms with E-state index in [9.17, 15) is 4.79 Å². The number of thioether (sulfide) groups is 1. The van der Waals surface area contributed by atoms with Crippen LogP contribution < -0.4 is 0 Å². The van der Waals surface area contributed by atoms with E-state index in [1.54, 1.807) is 4.68 Å². The molecule has 2 aromatic heterocycles. The van der Waals surface area contributed by atoms with Gasteiger partial charge in [-0.15, -0.1) is 5.10 Å². The highest BCUT2D eigenvalue weighted by Gasteiger charge is 2.23. The van der Waals surface area contributed by atoms with Crippen molar-refractivity contribution in [3.63, 3.8) is 0 Å². The Hall–Kier alpha value is -2.93. The second-order valence-corrected chi connectivity index (χ2v) is 8.32. The van der Waals surface area contributed by atoms with E-state index in [0.29, 0.717) is 5.16 Å². The van der Waals surface area contributed by atoms with Crippen molar-refractivity contribution in [3.05, 3.63) is 65.4 Å².